The molecular formula is C11H17N5. The van der Waals surface area contributed by atoms with Gasteiger partial charge in [0.15, 0.2) is 0 Å². The Hall–Kier alpha value is -1.62. The predicted molar refractivity (Wildman–Crippen MR) is 61.7 cm³/mol. The summed E-state index contributed by atoms with van der Waals surface area (Å²) in [4.78, 5) is 8.38. The van der Waals surface area contributed by atoms with Crippen molar-refractivity contribution in [2.24, 2.45) is 7.05 Å². The summed E-state index contributed by atoms with van der Waals surface area (Å²) in [5.74, 6) is 1.04. The SMILES string of the molecule is CCn1cncc1CNCc1nccn1C. The quantitative estimate of drug-likeness (QED) is 0.813. The van der Waals surface area contributed by atoms with Crippen LogP contribution in [0.1, 0.15) is 18.4 Å². The van der Waals surface area contributed by atoms with Crippen molar-refractivity contribution in [3.05, 3.63) is 36.4 Å². The van der Waals surface area contributed by atoms with Crippen molar-refractivity contribution in [1.82, 2.24) is 24.4 Å². The summed E-state index contributed by atoms with van der Waals surface area (Å²) < 4.78 is 4.15. The lowest BCUT2D eigenvalue weighted by molar-refractivity contribution is 0.601. The second-order valence-corrected chi connectivity index (χ2v) is 3.73. The molecule has 0 atom stereocenters. The normalized spacial score (nSPS) is 10.9. The minimum atomic E-state index is 0.776. The van der Waals surface area contributed by atoms with Gasteiger partial charge in [-0.25, -0.2) is 9.97 Å². The third-order valence-corrected chi connectivity index (χ3v) is 2.65. The number of nitrogens with zero attached hydrogens (tertiary/aromatic N) is 4. The van der Waals surface area contributed by atoms with Gasteiger partial charge in [0, 0.05) is 38.7 Å². The minimum absolute atomic E-state index is 0.776. The van der Waals surface area contributed by atoms with Gasteiger partial charge in [-0.1, -0.05) is 0 Å². The zero-order valence-corrected chi connectivity index (χ0v) is 9.72. The lowest BCUT2D eigenvalue weighted by atomic mass is 10.4. The van der Waals surface area contributed by atoms with E-state index in [2.05, 4.69) is 26.8 Å². The van der Waals surface area contributed by atoms with E-state index in [9.17, 15) is 0 Å². The van der Waals surface area contributed by atoms with Crippen LogP contribution >= 0.6 is 0 Å². The van der Waals surface area contributed by atoms with Gasteiger partial charge in [0.2, 0.25) is 0 Å². The summed E-state index contributed by atoms with van der Waals surface area (Å²) in [6.07, 6.45) is 7.52. The molecular weight excluding hydrogens is 202 g/mol. The lowest BCUT2D eigenvalue weighted by Gasteiger charge is -2.07. The molecule has 0 aromatic carbocycles. The molecule has 1 N–H and O–H groups in total. The molecule has 0 fully saturated rings. The van der Waals surface area contributed by atoms with Crippen molar-refractivity contribution in [2.75, 3.05) is 0 Å². The van der Waals surface area contributed by atoms with E-state index in [0.29, 0.717) is 0 Å². The maximum atomic E-state index is 4.26. The van der Waals surface area contributed by atoms with Crippen LogP contribution in [0.25, 0.3) is 0 Å². The van der Waals surface area contributed by atoms with E-state index in [-0.39, 0.29) is 0 Å². The first-order valence-electron chi connectivity index (χ1n) is 5.47. The summed E-state index contributed by atoms with van der Waals surface area (Å²) in [7, 11) is 2.00. The Kier molecular flexibility index (Phi) is 3.36. The topological polar surface area (TPSA) is 47.7 Å². The first kappa shape index (κ1) is 10.9. The maximum Gasteiger partial charge on any atom is 0.122 e. The Morgan fingerprint density at radius 3 is 2.94 bits per heavy atom. The molecule has 5 heteroatoms. The van der Waals surface area contributed by atoms with Crippen LogP contribution in [0.4, 0.5) is 0 Å². The van der Waals surface area contributed by atoms with Gasteiger partial charge in [-0.2, -0.15) is 0 Å². The van der Waals surface area contributed by atoms with Gasteiger partial charge in [-0.15, -0.1) is 0 Å². The van der Waals surface area contributed by atoms with Crippen molar-refractivity contribution in [3.63, 3.8) is 0 Å². The Labute approximate surface area is 95.1 Å². The maximum absolute atomic E-state index is 4.26. The van der Waals surface area contributed by atoms with Gasteiger partial charge in [-0.05, 0) is 6.92 Å². The molecule has 16 heavy (non-hydrogen) atoms. The van der Waals surface area contributed by atoms with Crippen LogP contribution in [0.15, 0.2) is 24.9 Å². The van der Waals surface area contributed by atoms with Crippen LogP contribution in [-0.4, -0.2) is 19.1 Å². The highest BCUT2D eigenvalue weighted by Gasteiger charge is 2.01. The summed E-state index contributed by atoms with van der Waals surface area (Å²) >= 11 is 0. The largest absolute Gasteiger partial charge is 0.337 e. The Morgan fingerprint density at radius 2 is 2.25 bits per heavy atom. The van der Waals surface area contributed by atoms with E-state index >= 15 is 0 Å². The number of hydrogen-bond acceptors (Lipinski definition) is 3. The van der Waals surface area contributed by atoms with Crippen molar-refractivity contribution >= 4 is 0 Å². The second-order valence-electron chi connectivity index (χ2n) is 3.73. The molecule has 5 nitrogen and oxygen atoms in total. The molecule has 2 aromatic rings. The molecule has 0 saturated carbocycles. The van der Waals surface area contributed by atoms with Gasteiger partial charge < -0.3 is 14.5 Å². The zero-order valence-electron chi connectivity index (χ0n) is 9.72. The van der Waals surface area contributed by atoms with Gasteiger partial charge in [0.05, 0.1) is 18.6 Å². The van der Waals surface area contributed by atoms with Gasteiger partial charge in [0.25, 0.3) is 0 Å². The van der Waals surface area contributed by atoms with Crippen molar-refractivity contribution in [1.29, 1.82) is 0 Å². The summed E-state index contributed by atoms with van der Waals surface area (Å²) in [6, 6.07) is 0. The number of rotatable bonds is 5. The van der Waals surface area contributed by atoms with E-state index in [0.717, 1.165) is 25.5 Å². The molecule has 86 valence electrons. The molecule has 0 bridgehead atoms. The van der Waals surface area contributed by atoms with E-state index in [1.807, 2.05) is 36.5 Å². The van der Waals surface area contributed by atoms with Crippen LogP contribution in [0.2, 0.25) is 0 Å². The molecule has 0 amide bonds. The molecule has 0 radical (unpaired) electrons. The molecule has 0 aliphatic heterocycles. The first-order chi connectivity index (χ1) is 7.81. The Morgan fingerprint density at radius 1 is 1.38 bits per heavy atom. The van der Waals surface area contributed by atoms with E-state index in [1.54, 1.807) is 0 Å². The number of aromatic nitrogens is 4. The second kappa shape index (κ2) is 4.94. The van der Waals surface area contributed by atoms with Crippen LogP contribution < -0.4 is 5.32 Å². The van der Waals surface area contributed by atoms with Crippen LogP contribution in [0.3, 0.4) is 0 Å². The van der Waals surface area contributed by atoms with Gasteiger partial charge in [0.1, 0.15) is 5.82 Å². The molecule has 0 spiro atoms. The third kappa shape index (κ3) is 2.30. The molecule has 2 rings (SSSR count). The van der Waals surface area contributed by atoms with Crippen LogP contribution in [0, 0.1) is 0 Å². The fraction of sp³-hybridized carbons (Fsp3) is 0.455. The van der Waals surface area contributed by atoms with Crippen molar-refractivity contribution < 1.29 is 0 Å². The standard InChI is InChI=1S/C11H17N5/c1-3-16-9-13-7-10(16)6-12-8-11-14-4-5-15(11)2/h4-5,7,9,12H,3,6,8H2,1-2H3. The lowest BCUT2D eigenvalue weighted by Crippen LogP contribution is -2.17. The fourth-order valence-electron chi connectivity index (χ4n) is 1.65. The van der Waals surface area contributed by atoms with Crippen molar-refractivity contribution in [2.45, 2.75) is 26.6 Å². The first-order valence-corrected chi connectivity index (χ1v) is 5.47. The average molecular weight is 219 g/mol. The number of hydrogen-bond donors (Lipinski definition) is 1. The summed E-state index contributed by atoms with van der Waals surface area (Å²) in [5.41, 5.74) is 1.21. The highest BCUT2D eigenvalue weighted by atomic mass is 15.1. The number of imidazole rings is 2. The summed E-state index contributed by atoms with van der Waals surface area (Å²) in [5, 5.41) is 3.36. The molecule has 0 aliphatic carbocycles. The highest BCUT2D eigenvalue weighted by Crippen LogP contribution is 1.99. The highest BCUT2D eigenvalue weighted by molar-refractivity contribution is 4.98. The van der Waals surface area contributed by atoms with E-state index in [4.69, 9.17) is 0 Å². The molecule has 0 saturated heterocycles. The molecule has 0 unspecified atom stereocenters. The average Bonchev–Trinajstić information content (AvgIpc) is 2.88. The van der Waals surface area contributed by atoms with E-state index < -0.39 is 0 Å². The van der Waals surface area contributed by atoms with Crippen LogP contribution in [-0.2, 0) is 26.7 Å². The number of nitrogens with one attached hydrogen (secondary N) is 1. The number of aryl methyl sites for hydroxylation is 2. The Balaban J connectivity index is 1.87. The smallest absolute Gasteiger partial charge is 0.122 e. The summed E-state index contributed by atoms with van der Waals surface area (Å²) in [6.45, 7) is 4.67. The Bertz CT molecular complexity index is 443. The van der Waals surface area contributed by atoms with E-state index in [1.165, 1.54) is 5.69 Å². The van der Waals surface area contributed by atoms with Gasteiger partial charge >= 0.3 is 0 Å². The van der Waals surface area contributed by atoms with Gasteiger partial charge in [-0.3, -0.25) is 0 Å². The van der Waals surface area contributed by atoms with Crippen LogP contribution in [0.5, 0.6) is 0 Å². The fourth-order valence-corrected chi connectivity index (χ4v) is 1.65. The minimum Gasteiger partial charge on any atom is -0.337 e. The van der Waals surface area contributed by atoms with Crippen molar-refractivity contribution in [3.8, 4) is 0 Å². The molecule has 0 aliphatic rings. The molecule has 2 aromatic heterocycles. The predicted octanol–water partition coefficient (Wildman–Crippen LogP) is 0.926. The third-order valence-electron chi connectivity index (χ3n) is 2.65. The molecule has 2 heterocycles. The zero-order chi connectivity index (χ0) is 11.4. The monoisotopic (exact) mass is 219 g/mol.